The van der Waals surface area contributed by atoms with Crippen molar-refractivity contribution in [1.82, 2.24) is 24.3 Å². The summed E-state index contributed by atoms with van der Waals surface area (Å²) >= 11 is 0. The Balaban J connectivity index is 1.43. The molecule has 8 heteroatoms. The van der Waals surface area contributed by atoms with Crippen LogP contribution in [0, 0.1) is 0 Å². The van der Waals surface area contributed by atoms with E-state index in [1.54, 1.807) is 22.8 Å². The van der Waals surface area contributed by atoms with E-state index in [-0.39, 0.29) is 0 Å². The summed E-state index contributed by atoms with van der Waals surface area (Å²) in [7, 11) is -3.56. The summed E-state index contributed by atoms with van der Waals surface area (Å²) in [6.07, 6.45) is 6.40. The summed E-state index contributed by atoms with van der Waals surface area (Å²) in [5.74, 6) is 0.547. The highest BCUT2D eigenvalue weighted by Crippen LogP contribution is 2.22. The van der Waals surface area contributed by atoms with Crippen LogP contribution < -0.4 is 4.72 Å². The van der Waals surface area contributed by atoms with E-state index >= 15 is 0 Å². The van der Waals surface area contributed by atoms with Crippen LogP contribution in [0.5, 0.6) is 0 Å². The molecule has 132 valence electrons. The molecule has 4 rings (SSSR count). The van der Waals surface area contributed by atoms with Crippen LogP contribution in [-0.4, -0.2) is 34.5 Å². The molecule has 0 bridgehead atoms. The summed E-state index contributed by atoms with van der Waals surface area (Å²) in [5, 5.41) is 5.68. The summed E-state index contributed by atoms with van der Waals surface area (Å²) in [6, 6.07) is 12.8. The number of rotatable bonds is 6. The van der Waals surface area contributed by atoms with Crippen LogP contribution in [0.4, 0.5) is 0 Å². The van der Waals surface area contributed by atoms with E-state index in [2.05, 4.69) is 19.8 Å². The van der Waals surface area contributed by atoms with Crippen molar-refractivity contribution in [1.29, 1.82) is 0 Å². The van der Waals surface area contributed by atoms with E-state index in [9.17, 15) is 8.42 Å². The third-order valence-corrected chi connectivity index (χ3v) is 5.68. The average Bonchev–Trinajstić information content (AvgIpc) is 3.12. The number of fused-ring (bicyclic) bond motifs is 2. The van der Waals surface area contributed by atoms with Crippen LogP contribution in [0.25, 0.3) is 16.6 Å². The summed E-state index contributed by atoms with van der Waals surface area (Å²) in [6.45, 7) is 0.348. The van der Waals surface area contributed by atoms with E-state index in [0.717, 1.165) is 16.3 Å². The zero-order chi connectivity index (χ0) is 18.0. The maximum atomic E-state index is 12.7. The molecule has 7 nitrogen and oxygen atoms in total. The molecular formula is C18H17N5O2S. The van der Waals surface area contributed by atoms with Gasteiger partial charge in [-0.25, -0.2) is 22.6 Å². The van der Waals surface area contributed by atoms with E-state index in [0.29, 0.717) is 30.1 Å². The molecule has 0 saturated carbocycles. The zero-order valence-corrected chi connectivity index (χ0v) is 14.7. The first-order valence-electron chi connectivity index (χ1n) is 8.25. The Labute approximate surface area is 150 Å². The maximum Gasteiger partial charge on any atom is 0.252 e. The molecule has 1 N–H and O–H groups in total. The molecular weight excluding hydrogens is 350 g/mol. The number of sulfonamides is 1. The summed E-state index contributed by atoms with van der Waals surface area (Å²) < 4.78 is 29.6. The van der Waals surface area contributed by atoms with Crippen LogP contribution in [-0.2, 0) is 16.4 Å². The minimum Gasteiger partial charge on any atom is -0.219 e. The number of aryl methyl sites for hydroxylation is 1. The van der Waals surface area contributed by atoms with Crippen molar-refractivity contribution >= 4 is 26.6 Å². The minimum atomic E-state index is -3.56. The Morgan fingerprint density at radius 3 is 2.81 bits per heavy atom. The molecule has 0 amide bonds. The molecule has 4 aromatic rings. The van der Waals surface area contributed by atoms with Crippen LogP contribution in [0.2, 0.25) is 0 Å². The molecule has 0 aliphatic carbocycles. The average molecular weight is 367 g/mol. The fraction of sp³-hybridized carbons (Fsp3) is 0.167. The zero-order valence-electron chi connectivity index (χ0n) is 13.9. The predicted molar refractivity (Wildman–Crippen MR) is 98.2 cm³/mol. The van der Waals surface area contributed by atoms with E-state index < -0.39 is 10.0 Å². The van der Waals surface area contributed by atoms with Crippen molar-refractivity contribution < 1.29 is 8.42 Å². The molecule has 0 fully saturated rings. The van der Waals surface area contributed by atoms with Crippen molar-refractivity contribution in [3.63, 3.8) is 0 Å². The third kappa shape index (κ3) is 3.29. The second kappa shape index (κ2) is 6.81. The second-order valence-corrected chi connectivity index (χ2v) is 7.68. The second-order valence-electron chi connectivity index (χ2n) is 5.95. The van der Waals surface area contributed by atoms with Gasteiger partial charge in [0.05, 0.1) is 4.90 Å². The predicted octanol–water partition coefficient (Wildman–Crippen LogP) is 2.19. The SMILES string of the molecule is O=S(=O)(NCCCc1cnc2ncnn2c1)c1cccc2ccccc12. The van der Waals surface area contributed by atoms with Gasteiger partial charge >= 0.3 is 0 Å². The van der Waals surface area contributed by atoms with Gasteiger partial charge in [0.15, 0.2) is 0 Å². The first-order chi connectivity index (χ1) is 12.6. The molecule has 0 atom stereocenters. The topological polar surface area (TPSA) is 89.2 Å². The van der Waals surface area contributed by atoms with E-state index in [1.165, 1.54) is 6.33 Å². The molecule has 0 saturated heterocycles. The lowest BCUT2D eigenvalue weighted by Crippen LogP contribution is -2.25. The quantitative estimate of drug-likeness (QED) is 0.528. The van der Waals surface area contributed by atoms with Gasteiger partial charge in [-0.3, -0.25) is 0 Å². The van der Waals surface area contributed by atoms with Gasteiger partial charge in [0.2, 0.25) is 10.0 Å². The molecule has 0 aliphatic rings. The molecule has 0 radical (unpaired) electrons. The van der Waals surface area contributed by atoms with Crippen LogP contribution in [0.15, 0.2) is 66.1 Å². The normalized spacial score (nSPS) is 12.0. The number of hydrogen-bond donors (Lipinski definition) is 1. The van der Waals surface area contributed by atoms with Crippen molar-refractivity contribution in [2.75, 3.05) is 6.54 Å². The van der Waals surface area contributed by atoms with Crippen LogP contribution >= 0.6 is 0 Å². The van der Waals surface area contributed by atoms with Crippen molar-refractivity contribution in [2.45, 2.75) is 17.7 Å². The van der Waals surface area contributed by atoms with Gasteiger partial charge in [-0.15, -0.1) is 0 Å². The van der Waals surface area contributed by atoms with Gasteiger partial charge in [0.1, 0.15) is 6.33 Å². The lowest BCUT2D eigenvalue weighted by molar-refractivity contribution is 0.580. The Bertz CT molecular complexity index is 1170. The molecule has 0 spiro atoms. The lowest BCUT2D eigenvalue weighted by atomic mass is 10.1. The largest absolute Gasteiger partial charge is 0.252 e. The van der Waals surface area contributed by atoms with Crippen molar-refractivity contribution in [3.05, 3.63) is 66.7 Å². The molecule has 2 aromatic carbocycles. The first kappa shape index (κ1) is 16.6. The standard InChI is InChI=1S/C18H17N5O2S/c24-26(25,17-9-3-7-15-6-1-2-8-16(15)17)22-10-4-5-14-11-19-18-20-13-21-23(18)12-14/h1-3,6-9,11-13,22H,4-5,10H2. The summed E-state index contributed by atoms with van der Waals surface area (Å²) in [5.41, 5.74) is 0.979. The van der Waals surface area contributed by atoms with Crippen molar-refractivity contribution in [3.8, 4) is 0 Å². The van der Waals surface area contributed by atoms with Gasteiger partial charge in [0.25, 0.3) is 5.78 Å². The maximum absolute atomic E-state index is 12.7. The Kier molecular flexibility index (Phi) is 4.36. The van der Waals surface area contributed by atoms with Crippen LogP contribution in [0.1, 0.15) is 12.0 Å². The lowest BCUT2D eigenvalue weighted by Gasteiger charge is -2.09. The van der Waals surface area contributed by atoms with Crippen molar-refractivity contribution in [2.24, 2.45) is 0 Å². The monoisotopic (exact) mass is 367 g/mol. The Hall–Kier alpha value is -2.84. The van der Waals surface area contributed by atoms with E-state index in [4.69, 9.17) is 0 Å². The number of nitrogens with one attached hydrogen (secondary N) is 1. The molecule has 0 unspecified atom stereocenters. The van der Waals surface area contributed by atoms with Gasteiger partial charge in [0, 0.05) is 24.3 Å². The summed E-state index contributed by atoms with van der Waals surface area (Å²) in [4.78, 5) is 8.50. The number of aromatic nitrogens is 4. The van der Waals surface area contributed by atoms with Gasteiger partial charge in [-0.05, 0) is 29.9 Å². The number of nitrogens with zero attached hydrogens (tertiary/aromatic N) is 4. The molecule has 2 aromatic heterocycles. The molecule has 0 aliphatic heterocycles. The Morgan fingerprint density at radius 1 is 1.04 bits per heavy atom. The molecule has 26 heavy (non-hydrogen) atoms. The highest BCUT2D eigenvalue weighted by atomic mass is 32.2. The number of hydrogen-bond acceptors (Lipinski definition) is 5. The van der Waals surface area contributed by atoms with Gasteiger partial charge in [-0.1, -0.05) is 36.4 Å². The number of benzene rings is 2. The smallest absolute Gasteiger partial charge is 0.219 e. The van der Waals surface area contributed by atoms with Crippen LogP contribution in [0.3, 0.4) is 0 Å². The molecule has 2 heterocycles. The van der Waals surface area contributed by atoms with E-state index in [1.807, 2.05) is 36.5 Å². The highest BCUT2D eigenvalue weighted by molar-refractivity contribution is 7.89. The fourth-order valence-electron chi connectivity index (χ4n) is 2.89. The van der Waals surface area contributed by atoms with Gasteiger partial charge in [-0.2, -0.15) is 10.1 Å². The first-order valence-corrected chi connectivity index (χ1v) is 9.73. The highest BCUT2D eigenvalue weighted by Gasteiger charge is 2.16. The third-order valence-electron chi connectivity index (χ3n) is 4.16. The van der Waals surface area contributed by atoms with Gasteiger partial charge < -0.3 is 0 Å². The fourth-order valence-corrected chi connectivity index (χ4v) is 4.20. The minimum absolute atomic E-state index is 0.307. The Morgan fingerprint density at radius 2 is 1.88 bits per heavy atom.